The van der Waals surface area contributed by atoms with Crippen molar-refractivity contribution in [2.24, 2.45) is 0 Å². The molecule has 2 nitrogen and oxygen atoms in total. The molecular weight excluding hydrogens is 339 g/mol. The van der Waals surface area contributed by atoms with Gasteiger partial charge in [0.05, 0.1) is 13.0 Å². The van der Waals surface area contributed by atoms with Crippen LogP contribution in [0, 0.1) is 0 Å². The molecule has 0 saturated carbocycles. The second kappa shape index (κ2) is 9.99. The number of rotatable bonds is 12. The molecule has 0 spiro atoms. The van der Waals surface area contributed by atoms with Crippen molar-refractivity contribution in [3.05, 3.63) is 0 Å². The van der Waals surface area contributed by atoms with E-state index in [-0.39, 0.29) is 0 Å². The summed E-state index contributed by atoms with van der Waals surface area (Å²) in [5.41, 5.74) is 0. The number of halogens is 5. The minimum Gasteiger partial charge on any atom is -0.427 e. The molecule has 0 aliphatic rings. The van der Waals surface area contributed by atoms with Gasteiger partial charge in [-0.15, -0.1) is 0 Å². The molecule has 0 aromatic carbocycles. The highest BCUT2D eigenvalue weighted by Gasteiger charge is 2.34. The molecule has 0 unspecified atom stereocenters. The van der Waals surface area contributed by atoms with E-state index in [0.717, 1.165) is 24.6 Å². The van der Waals surface area contributed by atoms with Crippen LogP contribution in [0.1, 0.15) is 25.7 Å². The van der Waals surface area contributed by atoms with E-state index in [1.807, 2.05) is 0 Å². The fourth-order valence-electron chi connectivity index (χ4n) is 2.14. The van der Waals surface area contributed by atoms with Gasteiger partial charge in [0.1, 0.15) is 0 Å². The van der Waals surface area contributed by atoms with Gasteiger partial charge in [0.2, 0.25) is 0 Å². The van der Waals surface area contributed by atoms with Gasteiger partial charge in [-0.3, -0.25) is 0 Å². The van der Waals surface area contributed by atoms with Gasteiger partial charge in [0.15, 0.2) is 9.76 Å². The molecule has 0 aromatic rings. The monoisotopic (exact) mass is 366 g/mol. The van der Waals surface area contributed by atoms with E-state index in [9.17, 15) is 22.0 Å². The maximum atomic E-state index is 13.3. The zero-order valence-corrected chi connectivity index (χ0v) is 16.0. The molecule has 0 atom stereocenters. The quantitative estimate of drug-likeness (QED) is 0.286. The summed E-state index contributed by atoms with van der Waals surface area (Å²) in [5, 5.41) is 0. The summed E-state index contributed by atoms with van der Waals surface area (Å²) in [6.45, 7) is 3.33. The minimum absolute atomic E-state index is 0.292. The zero-order valence-electron chi connectivity index (χ0n) is 13.6. The van der Waals surface area contributed by atoms with E-state index in [4.69, 9.17) is 4.43 Å². The standard InChI is InChI=1S/C13H27F5O2Si2/c1-19-21-9-5-11-22(2,3)10-4-6-13(17,18)20-8-7-12(14,15)16/h4-11,21H2,1-3H3. The van der Waals surface area contributed by atoms with Gasteiger partial charge in [0, 0.05) is 21.6 Å². The van der Waals surface area contributed by atoms with Crippen LogP contribution < -0.4 is 0 Å². The smallest absolute Gasteiger partial charge is 0.391 e. The van der Waals surface area contributed by atoms with Gasteiger partial charge in [0.25, 0.3) is 0 Å². The van der Waals surface area contributed by atoms with Gasteiger partial charge in [-0.25, -0.2) is 0 Å². The van der Waals surface area contributed by atoms with Crippen LogP contribution in [0.3, 0.4) is 0 Å². The second-order valence-electron chi connectivity index (χ2n) is 6.32. The Balaban J connectivity index is 3.89. The second-order valence-corrected chi connectivity index (χ2v) is 13.3. The lowest BCUT2D eigenvalue weighted by molar-refractivity contribution is -0.254. The van der Waals surface area contributed by atoms with Crippen molar-refractivity contribution in [3.63, 3.8) is 0 Å². The van der Waals surface area contributed by atoms with Gasteiger partial charge in [-0.2, -0.15) is 22.0 Å². The minimum atomic E-state index is -4.46. The Morgan fingerprint density at radius 3 is 2.09 bits per heavy atom. The summed E-state index contributed by atoms with van der Waals surface area (Å²) in [6, 6.07) is 2.91. The van der Waals surface area contributed by atoms with E-state index in [0.29, 0.717) is 6.42 Å². The SMILES string of the molecule is CO[SiH2]CCC[Si](C)(C)CCCC(F)(F)OCCC(F)(F)F. The first-order chi connectivity index (χ1) is 9.97. The molecule has 0 aliphatic heterocycles. The molecule has 0 N–H and O–H groups in total. The van der Waals surface area contributed by atoms with Crippen LogP contribution in [-0.2, 0) is 9.16 Å². The first-order valence-electron chi connectivity index (χ1n) is 7.55. The van der Waals surface area contributed by atoms with Crippen LogP contribution >= 0.6 is 0 Å². The first-order valence-corrected chi connectivity index (χ1v) is 12.5. The maximum absolute atomic E-state index is 13.3. The van der Waals surface area contributed by atoms with Crippen molar-refractivity contribution < 1.29 is 31.1 Å². The van der Waals surface area contributed by atoms with Crippen molar-refractivity contribution in [1.29, 1.82) is 0 Å². The summed E-state index contributed by atoms with van der Waals surface area (Å²) in [4.78, 5) is 0. The zero-order chi connectivity index (χ0) is 17.3. The van der Waals surface area contributed by atoms with Gasteiger partial charge in [-0.05, 0) is 12.5 Å². The highest BCUT2D eigenvalue weighted by molar-refractivity contribution is 6.77. The summed E-state index contributed by atoms with van der Waals surface area (Å²) in [7, 11) is -0.232. The summed E-state index contributed by atoms with van der Waals surface area (Å²) in [6.07, 6.45) is -8.40. The molecule has 0 aromatic heterocycles. The predicted octanol–water partition coefficient (Wildman–Crippen LogP) is 4.58. The average Bonchev–Trinajstić information content (AvgIpc) is 2.32. The highest BCUT2D eigenvalue weighted by atomic mass is 28.3. The maximum Gasteiger partial charge on any atom is 0.391 e. The van der Waals surface area contributed by atoms with E-state index >= 15 is 0 Å². The lowest BCUT2D eigenvalue weighted by atomic mass is 10.3. The molecular formula is C13H27F5O2Si2. The fraction of sp³-hybridized carbons (Fsp3) is 1.00. The third-order valence-corrected chi connectivity index (χ3v) is 8.08. The van der Waals surface area contributed by atoms with Crippen LogP contribution in [0.25, 0.3) is 0 Å². The van der Waals surface area contributed by atoms with Gasteiger partial charge < -0.3 is 9.16 Å². The molecule has 0 rings (SSSR count). The Morgan fingerprint density at radius 1 is 0.955 bits per heavy atom. The topological polar surface area (TPSA) is 18.5 Å². The molecule has 22 heavy (non-hydrogen) atoms. The van der Waals surface area contributed by atoms with Crippen molar-refractivity contribution in [1.82, 2.24) is 0 Å². The van der Waals surface area contributed by atoms with Crippen molar-refractivity contribution >= 4 is 17.8 Å². The average molecular weight is 367 g/mol. The van der Waals surface area contributed by atoms with E-state index in [2.05, 4.69) is 17.8 Å². The largest absolute Gasteiger partial charge is 0.427 e. The van der Waals surface area contributed by atoms with Crippen LogP contribution in [0.2, 0.25) is 31.2 Å². The van der Waals surface area contributed by atoms with Crippen molar-refractivity contribution in [2.75, 3.05) is 13.7 Å². The summed E-state index contributed by atoms with van der Waals surface area (Å²) in [5.74, 6) is 0. The highest BCUT2D eigenvalue weighted by Crippen LogP contribution is 2.29. The number of alkyl halides is 5. The van der Waals surface area contributed by atoms with Gasteiger partial charge in [-0.1, -0.05) is 31.6 Å². The van der Waals surface area contributed by atoms with Crippen LogP contribution in [-0.4, -0.2) is 43.8 Å². The Hall–Kier alpha value is 0.00377. The van der Waals surface area contributed by atoms with Crippen molar-refractivity contribution in [3.8, 4) is 0 Å². The molecule has 0 fully saturated rings. The normalized spacial score (nSPS) is 14.2. The Bertz CT molecular complexity index is 299. The lowest BCUT2D eigenvalue weighted by Crippen LogP contribution is -2.28. The first kappa shape index (κ1) is 22.0. The Kier molecular flexibility index (Phi) is 9.99. The third-order valence-electron chi connectivity index (χ3n) is 3.47. The molecule has 0 bridgehead atoms. The predicted molar refractivity (Wildman–Crippen MR) is 82.9 cm³/mol. The fourth-order valence-corrected chi connectivity index (χ4v) is 5.97. The summed E-state index contributed by atoms with van der Waals surface area (Å²) >= 11 is 0. The Labute approximate surface area is 132 Å². The molecule has 0 aliphatic carbocycles. The molecule has 0 amide bonds. The molecule has 0 heterocycles. The molecule has 0 radical (unpaired) electrons. The number of hydrogen-bond acceptors (Lipinski definition) is 2. The lowest BCUT2D eigenvalue weighted by Gasteiger charge is -2.24. The van der Waals surface area contributed by atoms with Crippen LogP contribution in [0.4, 0.5) is 22.0 Å². The summed E-state index contributed by atoms with van der Waals surface area (Å²) < 4.78 is 71.5. The van der Waals surface area contributed by atoms with Crippen molar-refractivity contribution in [2.45, 2.75) is 69.2 Å². The van der Waals surface area contributed by atoms with E-state index in [1.165, 1.54) is 0 Å². The van der Waals surface area contributed by atoms with Gasteiger partial charge >= 0.3 is 12.3 Å². The third kappa shape index (κ3) is 13.7. The number of hydrogen-bond donors (Lipinski definition) is 0. The van der Waals surface area contributed by atoms with Crippen LogP contribution in [0.5, 0.6) is 0 Å². The van der Waals surface area contributed by atoms with Crippen LogP contribution in [0.15, 0.2) is 0 Å². The Morgan fingerprint density at radius 2 is 1.55 bits per heavy atom. The van der Waals surface area contributed by atoms with E-state index < -0.39 is 49.6 Å². The van der Waals surface area contributed by atoms with E-state index in [1.54, 1.807) is 7.11 Å². The number of ether oxygens (including phenoxy) is 1. The molecule has 0 saturated heterocycles. The molecule has 9 heteroatoms. The molecule has 134 valence electrons.